The van der Waals surface area contributed by atoms with Crippen LogP contribution in [0.15, 0.2) is 70.6 Å². The lowest BCUT2D eigenvalue weighted by Gasteiger charge is -2.27. The molecule has 38 heavy (non-hydrogen) atoms. The quantitative estimate of drug-likeness (QED) is 0.451. The van der Waals surface area contributed by atoms with E-state index in [4.69, 9.17) is 5.26 Å². The predicted molar refractivity (Wildman–Crippen MR) is 141 cm³/mol. The van der Waals surface area contributed by atoms with Crippen molar-refractivity contribution in [3.05, 3.63) is 88.7 Å². The molecule has 2 heterocycles. The number of benzene rings is 2. The predicted octanol–water partition coefficient (Wildman–Crippen LogP) is 3.58. The maximum Gasteiger partial charge on any atom is 0.253 e. The molecule has 1 N–H and O–H groups in total. The number of hydrogen-bond acceptors (Lipinski definition) is 7. The number of rotatable bonds is 8. The van der Waals surface area contributed by atoms with Crippen molar-refractivity contribution in [2.45, 2.75) is 49.7 Å². The summed E-state index contributed by atoms with van der Waals surface area (Å²) in [6.07, 6.45) is 1.44. The highest BCUT2D eigenvalue weighted by Gasteiger charge is 2.41. The first kappa shape index (κ1) is 27.4. The number of sulfonamides is 1. The summed E-state index contributed by atoms with van der Waals surface area (Å²) < 4.78 is 52.4. The highest BCUT2D eigenvalue weighted by atomic mass is 32.2. The summed E-state index contributed by atoms with van der Waals surface area (Å²) in [5.41, 5.74) is 2.67. The second kappa shape index (κ2) is 10.6. The van der Waals surface area contributed by atoms with Crippen LogP contribution in [0.5, 0.6) is 0 Å². The topological polar surface area (TPSA) is 137 Å². The van der Waals surface area contributed by atoms with Gasteiger partial charge in [0.1, 0.15) is 0 Å². The third-order valence-electron chi connectivity index (χ3n) is 6.52. The van der Waals surface area contributed by atoms with E-state index in [1.54, 1.807) is 25.1 Å². The summed E-state index contributed by atoms with van der Waals surface area (Å²) in [4.78, 5) is 17.7. The largest absolute Gasteiger partial charge is 0.348 e. The van der Waals surface area contributed by atoms with Gasteiger partial charge in [0.05, 0.1) is 44.5 Å². The van der Waals surface area contributed by atoms with Gasteiger partial charge in [-0.3, -0.25) is 9.78 Å². The highest BCUT2D eigenvalue weighted by Crippen LogP contribution is 2.41. The van der Waals surface area contributed by atoms with Crippen molar-refractivity contribution < 1.29 is 21.6 Å². The molecule has 0 fully saturated rings. The number of aromatic nitrogens is 1. The fourth-order valence-electron chi connectivity index (χ4n) is 4.43. The number of pyridine rings is 1. The van der Waals surface area contributed by atoms with Crippen molar-refractivity contribution in [1.29, 1.82) is 5.26 Å². The van der Waals surface area contributed by atoms with Gasteiger partial charge >= 0.3 is 0 Å². The number of sulfone groups is 1. The highest BCUT2D eigenvalue weighted by molar-refractivity contribution is 7.91. The van der Waals surface area contributed by atoms with Gasteiger partial charge in [0, 0.05) is 19.3 Å². The van der Waals surface area contributed by atoms with Crippen LogP contribution in [-0.2, 0) is 33.0 Å². The number of carbonyl (C=O) groups is 1. The molecule has 1 amide bonds. The number of hydrogen-bond donors (Lipinski definition) is 1. The van der Waals surface area contributed by atoms with Crippen LogP contribution in [0.4, 0.5) is 0 Å². The number of amides is 1. The molecule has 0 radical (unpaired) electrons. The molecular formula is C27H28N4O5S2. The Morgan fingerprint density at radius 1 is 1.08 bits per heavy atom. The average Bonchev–Trinajstić information content (AvgIpc) is 3.32. The summed E-state index contributed by atoms with van der Waals surface area (Å²) in [6, 6.07) is 15.3. The standard InChI is InChI=1S/C27H28N4O5S2/c1-4-37(33,34)23-9-7-20(8-10-23)15-30-27(32)21-13-22-17-31(26(18(2)3)25(22)29-16-21)38(35,36)24-11-5-19(14-28)6-12-24/h5-13,16,18,26H,4,15,17H2,1-3H3,(H,30,32)/t26-/m0/s1. The normalized spacial score (nSPS) is 15.7. The summed E-state index contributed by atoms with van der Waals surface area (Å²) in [5.74, 6) is -0.436. The van der Waals surface area contributed by atoms with Crippen molar-refractivity contribution in [1.82, 2.24) is 14.6 Å². The van der Waals surface area contributed by atoms with Crippen LogP contribution in [0.2, 0.25) is 0 Å². The Hall–Kier alpha value is -3.59. The van der Waals surface area contributed by atoms with E-state index < -0.39 is 25.9 Å². The van der Waals surface area contributed by atoms with Gasteiger partial charge in [0.15, 0.2) is 9.84 Å². The molecule has 11 heteroatoms. The summed E-state index contributed by atoms with van der Waals surface area (Å²) in [5, 5.41) is 11.8. The third-order valence-corrected chi connectivity index (χ3v) is 10.1. The molecule has 4 rings (SSSR count). The van der Waals surface area contributed by atoms with Crippen molar-refractivity contribution in [3.63, 3.8) is 0 Å². The zero-order chi connectivity index (χ0) is 27.7. The van der Waals surface area contributed by atoms with E-state index in [0.717, 1.165) is 5.56 Å². The molecule has 3 aromatic rings. The van der Waals surface area contributed by atoms with Crippen molar-refractivity contribution in [2.24, 2.45) is 5.92 Å². The first-order valence-corrected chi connectivity index (χ1v) is 15.2. The Kier molecular flexibility index (Phi) is 7.69. The van der Waals surface area contributed by atoms with Crippen LogP contribution in [0.25, 0.3) is 0 Å². The molecule has 0 saturated carbocycles. The van der Waals surface area contributed by atoms with Gasteiger partial charge in [-0.25, -0.2) is 16.8 Å². The maximum absolute atomic E-state index is 13.5. The van der Waals surface area contributed by atoms with Crippen molar-refractivity contribution in [3.8, 4) is 6.07 Å². The van der Waals surface area contributed by atoms with Gasteiger partial charge in [-0.05, 0) is 59.5 Å². The molecule has 0 spiro atoms. The van der Waals surface area contributed by atoms with Crippen LogP contribution in [-0.4, -0.2) is 37.8 Å². The van der Waals surface area contributed by atoms with Crippen LogP contribution in [0.1, 0.15) is 59.6 Å². The first-order chi connectivity index (χ1) is 18.0. The zero-order valence-electron chi connectivity index (χ0n) is 21.2. The van der Waals surface area contributed by atoms with Gasteiger partial charge < -0.3 is 5.32 Å². The lowest BCUT2D eigenvalue weighted by Crippen LogP contribution is -2.32. The fraction of sp³-hybridized carbons (Fsp3) is 0.296. The molecule has 198 valence electrons. The molecular weight excluding hydrogens is 524 g/mol. The monoisotopic (exact) mass is 552 g/mol. The van der Waals surface area contributed by atoms with Crippen molar-refractivity contribution in [2.75, 3.05) is 5.75 Å². The minimum absolute atomic E-state index is 0.0122. The van der Waals surface area contributed by atoms with E-state index in [0.29, 0.717) is 22.4 Å². The van der Waals surface area contributed by atoms with E-state index in [2.05, 4.69) is 10.3 Å². The van der Waals surface area contributed by atoms with Crippen LogP contribution < -0.4 is 5.32 Å². The number of fused-ring (bicyclic) bond motifs is 1. The zero-order valence-corrected chi connectivity index (χ0v) is 22.9. The molecule has 1 aromatic heterocycles. The lowest BCUT2D eigenvalue weighted by molar-refractivity contribution is 0.0950. The first-order valence-electron chi connectivity index (χ1n) is 12.1. The summed E-state index contributed by atoms with van der Waals surface area (Å²) in [6.45, 7) is 5.68. The second-order valence-corrected chi connectivity index (χ2v) is 13.5. The Bertz CT molecular complexity index is 1610. The number of nitriles is 1. The van der Waals surface area contributed by atoms with Crippen LogP contribution in [0, 0.1) is 17.2 Å². The van der Waals surface area contributed by atoms with Crippen LogP contribution in [0.3, 0.4) is 0 Å². The molecule has 0 bridgehead atoms. The summed E-state index contributed by atoms with van der Waals surface area (Å²) in [7, 11) is -7.18. The Morgan fingerprint density at radius 3 is 2.29 bits per heavy atom. The lowest BCUT2D eigenvalue weighted by atomic mass is 10.0. The van der Waals surface area contributed by atoms with Crippen molar-refractivity contribution >= 4 is 25.8 Å². The molecule has 0 aliphatic carbocycles. The van der Waals surface area contributed by atoms with Crippen LogP contribution >= 0.6 is 0 Å². The number of carbonyl (C=O) groups excluding carboxylic acids is 1. The number of nitrogens with zero attached hydrogens (tertiary/aromatic N) is 3. The summed E-state index contributed by atoms with van der Waals surface area (Å²) >= 11 is 0. The molecule has 0 unspecified atom stereocenters. The Morgan fingerprint density at radius 2 is 1.71 bits per heavy atom. The van der Waals surface area contributed by atoms with E-state index in [1.165, 1.54) is 46.9 Å². The maximum atomic E-state index is 13.5. The Balaban J connectivity index is 1.52. The number of nitrogens with one attached hydrogen (secondary N) is 1. The third kappa shape index (κ3) is 5.34. The van der Waals surface area contributed by atoms with Gasteiger partial charge in [-0.15, -0.1) is 0 Å². The van der Waals surface area contributed by atoms with Gasteiger partial charge in [-0.1, -0.05) is 32.9 Å². The van der Waals surface area contributed by atoms with Gasteiger partial charge in [-0.2, -0.15) is 9.57 Å². The minimum Gasteiger partial charge on any atom is -0.348 e. The molecule has 1 aliphatic rings. The molecule has 9 nitrogen and oxygen atoms in total. The average molecular weight is 553 g/mol. The minimum atomic E-state index is -3.88. The molecule has 1 aliphatic heterocycles. The van der Waals surface area contributed by atoms with E-state index >= 15 is 0 Å². The van der Waals surface area contributed by atoms with Gasteiger partial charge in [0.2, 0.25) is 10.0 Å². The smallest absolute Gasteiger partial charge is 0.253 e. The molecule has 1 atom stereocenters. The molecule has 2 aromatic carbocycles. The second-order valence-electron chi connectivity index (χ2n) is 9.37. The van der Waals surface area contributed by atoms with E-state index in [1.807, 2.05) is 19.9 Å². The van der Waals surface area contributed by atoms with Gasteiger partial charge in [0.25, 0.3) is 5.91 Å². The fourth-order valence-corrected chi connectivity index (χ4v) is 7.01. The Labute approximate surface area is 223 Å². The van der Waals surface area contributed by atoms with E-state index in [-0.39, 0.29) is 40.5 Å². The molecule has 0 saturated heterocycles. The van der Waals surface area contributed by atoms with E-state index in [9.17, 15) is 21.6 Å². The SMILES string of the molecule is CCS(=O)(=O)c1ccc(CNC(=O)c2cnc3c(c2)CN(S(=O)(=O)c2ccc(C#N)cc2)[C@H]3C(C)C)cc1.